The number of hydrogen-bond acceptors (Lipinski definition) is 7. The minimum absolute atomic E-state index is 0.0359. The van der Waals surface area contributed by atoms with Gasteiger partial charge in [-0.3, -0.25) is 13.9 Å². The van der Waals surface area contributed by atoms with Crippen molar-refractivity contribution in [2.24, 2.45) is 16.0 Å². The number of aliphatic hydroxyl groups excluding tert-OH is 1. The molecule has 0 radical (unpaired) electrons. The van der Waals surface area contributed by atoms with E-state index in [0.717, 1.165) is 12.0 Å². The maximum atomic E-state index is 13.9. The number of amidine groups is 1. The Kier molecular flexibility index (Phi) is 5.92. The summed E-state index contributed by atoms with van der Waals surface area (Å²) >= 11 is 0. The average molecular weight is 485 g/mol. The van der Waals surface area contributed by atoms with Crippen LogP contribution in [0.1, 0.15) is 44.7 Å². The number of ketones is 1. The number of nitrogens with one attached hydrogen (secondary N) is 2. The Labute approximate surface area is 199 Å². The molecule has 1 aliphatic carbocycles. The number of benzene rings is 2. The Hall–Kier alpha value is -3.34. The van der Waals surface area contributed by atoms with Crippen molar-refractivity contribution in [1.82, 2.24) is 0 Å². The van der Waals surface area contributed by atoms with E-state index in [0.29, 0.717) is 17.9 Å². The van der Waals surface area contributed by atoms with Gasteiger partial charge in [0.1, 0.15) is 16.2 Å². The van der Waals surface area contributed by atoms with Crippen molar-refractivity contribution in [2.75, 3.05) is 10.6 Å². The average Bonchev–Trinajstić information content (AvgIpc) is 2.76. The van der Waals surface area contributed by atoms with E-state index < -0.39 is 22.2 Å². The lowest BCUT2D eigenvalue weighted by atomic mass is 9.66. The smallest absolute Gasteiger partial charge is 0.316 e. The van der Waals surface area contributed by atoms with Gasteiger partial charge in [-0.15, -0.1) is 4.40 Å². The van der Waals surface area contributed by atoms with Crippen molar-refractivity contribution in [1.29, 1.82) is 0 Å². The molecular formula is C24H28N4O5S. The minimum atomic E-state index is -3.75. The molecule has 0 spiro atoms. The van der Waals surface area contributed by atoms with Crippen LogP contribution in [0.3, 0.4) is 0 Å². The second-order valence-electron chi connectivity index (χ2n) is 9.15. The van der Waals surface area contributed by atoms with Crippen LogP contribution in [0.15, 0.2) is 57.3 Å². The molecule has 4 rings (SSSR count). The van der Waals surface area contributed by atoms with E-state index in [1.54, 1.807) is 12.1 Å². The monoisotopic (exact) mass is 484 g/mol. The van der Waals surface area contributed by atoms with Crippen LogP contribution in [0.25, 0.3) is 5.76 Å². The molecule has 1 aliphatic heterocycles. The molecule has 34 heavy (non-hydrogen) atoms. The van der Waals surface area contributed by atoms with Crippen LogP contribution < -0.4 is 16.4 Å². The highest BCUT2D eigenvalue weighted by molar-refractivity contribution is 8.23. The van der Waals surface area contributed by atoms with Crippen molar-refractivity contribution >= 4 is 45.6 Å². The van der Waals surface area contributed by atoms with Gasteiger partial charge < -0.3 is 21.5 Å². The standard InChI is InChI=1S/C24H28N4O5S/c1-13(2)10-11-24(3)16-7-5-4-6-15(16)20(29)19(21(24)30)22-27-17-9-8-14(26-23(25)31)12-18(17)34(32,33)28-22/h4-9,12-13,29,32-33H,10-11H2,1-3H3,(H,27,28)(H3,25,26,31)/t24-/m1/s1. The highest BCUT2D eigenvalue weighted by Gasteiger charge is 2.46. The first-order valence-electron chi connectivity index (χ1n) is 10.9. The second-order valence-corrected chi connectivity index (χ2v) is 10.8. The van der Waals surface area contributed by atoms with Crippen LogP contribution in [-0.2, 0) is 10.2 Å². The molecule has 10 heteroatoms. The normalized spacial score (nSPS) is 21.8. The largest absolute Gasteiger partial charge is 0.506 e. The van der Waals surface area contributed by atoms with Crippen LogP contribution in [0.5, 0.6) is 0 Å². The third-order valence-electron chi connectivity index (χ3n) is 6.22. The van der Waals surface area contributed by atoms with Crippen LogP contribution in [0.2, 0.25) is 0 Å². The molecule has 2 amide bonds. The van der Waals surface area contributed by atoms with Crippen LogP contribution >= 0.6 is 10.8 Å². The Bertz CT molecular complexity index is 1250. The summed E-state index contributed by atoms with van der Waals surface area (Å²) in [7, 11) is -3.75. The van der Waals surface area contributed by atoms with Crippen molar-refractivity contribution in [3.63, 3.8) is 0 Å². The molecule has 0 saturated heterocycles. The summed E-state index contributed by atoms with van der Waals surface area (Å²) in [5.41, 5.74) is 5.92. The van der Waals surface area contributed by atoms with Gasteiger partial charge >= 0.3 is 6.03 Å². The Morgan fingerprint density at radius 3 is 2.62 bits per heavy atom. The maximum absolute atomic E-state index is 13.9. The Balaban J connectivity index is 1.83. The number of hydrogen-bond donors (Lipinski definition) is 6. The fraction of sp³-hybridized carbons (Fsp3) is 0.292. The number of aliphatic hydroxyl groups is 1. The van der Waals surface area contributed by atoms with Gasteiger partial charge in [0.05, 0.1) is 11.1 Å². The molecule has 1 heterocycles. The molecule has 0 aromatic heterocycles. The summed E-state index contributed by atoms with van der Waals surface area (Å²) < 4.78 is 25.7. The quantitative estimate of drug-likeness (QED) is 0.339. The first kappa shape index (κ1) is 23.8. The number of primary amides is 1. The lowest BCUT2D eigenvalue weighted by Crippen LogP contribution is -2.42. The number of urea groups is 1. The number of nitrogens with two attached hydrogens (primary N) is 1. The zero-order valence-electron chi connectivity index (χ0n) is 19.1. The van der Waals surface area contributed by atoms with Gasteiger partial charge in [-0.2, -0.15) is 0 Å². The lowest BCUT2D eigenvalue weighted by molar-refractivity contribution is -0.120. The number of nitrogens with zero attached hydrogens (tertiary/aromatic N) is 1. The van der Waals surface area contributed by atoms with E-state index in [9.17, 15) is 23.8 Å². The molecule has 0 unspecified atom stereocenters. The molecular weight excluding hydrogens is 456 g/mol. The SMILES string of the molecule is CC(C)CC[C@@]1(C)C(=O)C(C2=NS(O)(O)c3cc(NC(N)=O)ccc3N2)=C(O)c2ccccc21. The lowest BCUT2D eigenvalue weighted by Gasteiger charge is -2.39. The molecule has 2 aromatic rings. The molecule has 2 aromatic carbocycles. The molecule has 7 N–H and O–H groups in total. The number of carbonyl (C=O) groups excluding carboxylic acids is 2. The number of carbonyl (C=O) groups is 2. The first-order valence-corrected chi connectivity index (χ1v) is 12.4. The van der Waals surface area contributed by atoms with E-state index >= 15 is 0 Å². The molecule has 1 atom stereocenters. The van der Waals surface area contributed by atoms with Crippen molar-refractivity contribution in [3.05, 3.63) is 59.2 Å². The van der Waals surface area contributed by atoms with Crippen molar-refractivity contribution in [2.45, 2.75) is 43.9 Å². The molecule has 0 bridgehead atoms. The highest BCUT2D eigenvalue weighted by atomic mass is 32.3. The van der Waals surface area contributed by atoms with E-state index in [4.69, 9.17) is 5.73 Å². The zero-order valence-corrected chi connectivity index (χ0v) is 19.9. The summed E-state index contributed by atoms with van der Waals surface area (Å²) in [6.07, 6.45) is 1.34. The summed E-state index contributed by atoms with van der Waals surface area (Å²) in [5.74, 6) is -0.358. The van der Waals surface area contributed by atoms with E-state index in [1.807, 2.05) is 19.1 Å². The van der Waals surface area contributed by atoms with Gasteiger partial charge in [-0.05, 0) is 49.4 Å². The Morgan fingerprint density at radius 1 is 1.24 bits per heavy atom. The van der Waals surface area contributed by atoms with Gasteiger partial charge in [-0.1, -0.05) is 48.9 Å². The number of amides is 2. The van der Waals surface area contributed by atoms with E-state index in [-0.39, 0.29) is 39.2 Å². The van der Waals surface area contributed by atoms with Gasteiger partial charge in [0.15, 0.2) is 11.6 Å². The van der Waals surface area contributed by atoms with Crippen molar-refractivity contribution in [3.8, 4) is 0 Å². The summed E-state index contributed by atoms with van der Waals surface area (Å²) in [5, 5.41) is 16.5. The summed E-state index contributed by atoms with van der Waals surface area (Å²) in [4.78, 5) is 25.1. The number of fused-ring (bicyclic) bond motifs is 2. The number of rotatable bonds is 5. The third-order valence-corrected chi connectivity index (χ3v) is 7.58. The van der Waals surface area contributed by atoms with Gasteiger partial charge in [0, 0.05) is 11.3 Å². The third kappa shape index (κ3) is 4.04. The molecule has 2 aliphatic rings. The zero-order chi connectivity index (χ0) is 24.8. The van der Waals surface area contributed by atoms with Gasteiger partial charge in [0.25, 0.3) is 0 Å². The number of Topliss-reactive ketones (excluding diaryl/α,β-unsaturated/α-hetero) is 1. The van der Waals surface area contributed by atoms with Gasteiger partial charge in [-0.25, -0.2) is 4.79 Å². The fourth-order valence-electron chi connectivity index (χ4n) is 4.36. The highest BCUT2D eigenvalue weighted by Crippen LogP contribution is 2.57. The maximum Gasteiger partial charge on any atom is 0.316 e. The van der Waals surface area contributed by atoms with Crippen molar-refractivity contribution < 1.29 is 23.8 Å². The fourth-order valence-corrected chi connectivity index (χ4v) is 5.55. The predicted molar refractivity (Wildman–Crippen MR) is 134 cm³/mol. The Morgan fingerprint density at radius 2 is 1.94 bits per heavy atom. The second kappa shape index (κ2) is 8.46. The van der Waals surface area contributed by atoms with E-state index in [2.05, 4.69) is 28.9 Å². The predicted octanol–water partition coefficient (Wildman–Crippen LogP) is 5.27. The van der Waals surface area contributed by atoms with Gasteiger partial charge in [0.2, 0.25) is 0 Å². The first-order chi connectivity index (χ1) is 15.9. The summed E-state index contributed by atoms with van der Waals surface area (Å²) in [6, 6.07) is 10.8. The molecule has 0 fully saturated rings. The molecule has 180 valence electrons. The minimum Gasteiger partial charge on any atom is -0.506 e. The number of anilines is 2. The van der Waals surface area contributed by atoms with Crippen LogP contribution in [0, 0.1) is 5.92 Å². The molecule has 0 saturated carbocycles. The molecule has 9 nitrogen and oxygen atoms in total. The topological polar surface area (TPSA) is 157 Å². The van der Waals surface area contributed by atoms with E-state index in [1.165, 1.54) is 18.2 Å². The van der Waals surface area contributed by atoms with Crippen LogP contribution in [0.4, 0.5) is 16.2 Å². The van der Waals surface area contributed by atoms with Crippen LogP contribution in [-0.4, -0.2) is 31.9 Å². The summed E-state index contributed by atoms with van der Waals surface area (Å²) in [6.45, 7) is 6.01.